The number of nitrogens with one attached hydrogen (secondary N) is 2. The van der Waals surface area contributed by atoms with Crippen LogP contribution in [0.25, 0.3) is 11.2 Å². The second-order valence-corrected chi connectivity index (χ2v) is 9.96. The van der Waals surface area contributed by atoms with Crippen LogP contribution in [0, 0.1) is 0 Å². The van der Waals surface area contributed by atoms with Gasteiger partial charge in [0.2, 0.25) is 5.95 Å². The van der Waals surface area contributed by atoms with Crippen LogP contribution in [0.3, 0.4) is 0 Å². The Morgan fingerprint density at radius 1 is 0.976 bits per heavy atom. The number of amides is 1. The van der Waals surface area contributed by atoms with Crippen LogP contribution in [-0.2, 0) is 30.2 Å². The number of fused-ring (bicyclic) bond motifs is 1. The van der Waals surface area contributed by atoms with E-state index in [9.17, 15) is 29.1 Å². The zero-order chi connectivity index (χ0) is 30.0. The first-order valence-corrected chi connectivity index (χ1v) is 12.9. The van der Waals surface area contributed by atoms with E-state index in [0.29, 0.717) is 21.3 Å². The molecule has 2 aromatic carbocycles. The van der Waals surface area contributed by atoms with Gasteiger partial charge in [-0.25, -0.2) is 9.59 Å². The number of rotatable bonds is 10. The minimum absolute atomic E-state index is 0.0329. The van der Waals surface area contributed by atoms with Crippen LogP contribution in [0.15, 0.2) is 52.1 Å². The molecule has 2 aromatic heterocycles. The van der Waals surface area contributed by atoms with Crippen molar-refractivity contribution in [2.45, 2.75) is 25.4 Å². The Morgan fingerprint density at radius 2 is 1.66 bits per heavy atom. The van der Waals surface area contributed by atoms with Crippen LogP contribution in [0.5, 0.6) is 0 Å². The maximum absolute atomic E-state index is 13.4. The summed E-state index contributed by atoms with van der Waals surface area (Å²) >= 11 is 12.1. The summed E-state index contributed by atoms with van der Waals surface area (Å²) in [6.07, 6.45) is -0.676. The number of carbonyl (C=O) groups excluding carboxylic acids is 1. The SMILES string of the molecule is Cn1c(Nc2ccc(C(=O)N[C@@H](CCC(=O)O)C(=O)O)cc2)nc2c1c(=O)n(Cc1ccc(Cl)c(Cl)c1)c(=O)n2C. The number of anilines is 2. The molecule has 4 aromatic rings. The number of aromatic nitrogens is 4. The van der Waals surface area contributed by atoms with Gasteiger partial charge in [0.25, 0.3) is 11.5 Å². The highest BCUT2D eigenvalue weighted by molar-refractivity contribution is 6.42. The third kappa shape index (κ3) is 6.26. The molecular formula is C26H24Cl2N6O7. The van der Waals surface area contributed by atoms with E-state index in [0.717, 1.165) is 4.57 Å². The Bertz CT molecular complexity index is 1790. The number of nitrogens with zero attached hydrogens (tertiary/aromatic N) is 4. The van der Waals surface area contributed by atoms with Gasteiger partial charge in [-0.15, -0.1) is 0 Å². The fraction of sp³-hybridized carbons (Fsp3) is 0.231. The Kier molecular flexibility index (Phi) is 8.49. The molecule has 0 aliphatic heterocycles. The summed E-state index contributed by atoms with van der Waals surface area (Å²) in [5.74, 6) is -2.95. The van der Waals surface area contributed by atoms with Crippen LogP contribution in [0.1, 0.15) is 28.8 Å². The van der Waals surface area contributed by atoms with Gasteiger partial charge in [0, 0.05) is 31.8 Å². The molecule has 13 nitrogen and oxygen atoms in total. The van der Waals surface area contributed by atoms with E-state index in [1.807, 2.05) is 0 Å². The van der Waals surface area contributed by atoms with Crippen molar-refractivity contribution in [2.75, 3.05) is 5.32 Å². The average molecular weight is 603 g/mol. The van der Waals surface area contributed by atoms with Crippen LogP contribution in [-0.4, -0.2) is 52.8 Å². The predicted octanol–water partition coefficient (Wildman–Crippen LogP) is 2.58. The standard InChI is InChI=1S/C26H24Cl2N6O7/c1-32-20-21(33(2)26(41)34(23(20)38)12-13-3-8-16(27)17(28)11-13)31-25(32)29-15-6-4-14(5-7-15)22(37)30-18(24(39)40)9-10-19(35)36/h3-8,11,18H,9-10,12H2,1-2H3,(H,29,31)(H,30,37)(H,35,36)(H,39,40)/t18-/m0/s1. The summed E-state index contributed by atoms with van der Waals surface area (Å²) in [7, 11) is 3.11. The van der Waals surface area contributed by atoms with Gasteiger partial charge in [-0.1, -0.05) is 29.3 Å². The fourth-order valence-electron chi connectivity index (χ4n) is 4.12. The third-order valence-electron chi connectivity index (χ3n) is 6.34. The van der Waals surface area contributed by atoms with Crippen molar-refractivity contribution >= 4 is 63.8 Å². The monoisotopic (exact) mass is 602 g/mol. The van der Waals surface area contributed by atoms with E-state index in [1.165, 1.54) is 28.3 Å². The quantitative estimate of drug-likeness (QED) is 0.212. The molecule has 0 unspecified atom stereocenters. The second kappa shape index (κ2) is 11.9. The van der Waals surface area contributed by atoms with E-state index in [4.69, 9.17) is 28.3 Å². The van der Waals surface area contributed by atoms with Gasteiger partial charge < -0.3 is 25.4 Å². The number of benzene rings is 2. The maximum Gasteiger partial charge on any atom is 0.332 e. The number of carboxylic acid groups (broad SMARTS) is 2. The van der Waals surface area contributed by atoms with Crippen molar-refractivity contribution in [1.82, 2.24) is 24.0 Å². The fourth-order valence-corrected chi connectivity index (χ4v) is 4.44. The molecule has 0 fully saturated rings. The van der Waals surface area contributed by atoms with Gasteiger partial charge in [-0.05, 0) is 48.4 Å². The molecule has 0 aliphatic carbocycles. The van der Waals surface area contributed by atoms with Gasteiger partial charge in [-0.2, -0.15) is 4.98 Å². The molecular weight excluding hydrogens is 579 g/mol. The smallest absolute Gasteiger partial charge is 0.332 e. The lowest BCUT2D eigenvalue weighted by atomic mass is 10.1. The molecule has 0 spiro atoms. The molecule has 4 rings (SSSR count). The normalized spacial score (nSPS) is 11.8. The third-order valence-corrected chi connectivity index (χ3v) is 7.08. The predicted molar refractivity (Wildman–Crippen MR) is 151 cm³/mol. The second-order valence-electron chi connectivity index (χ2n) is 9.15. The molecule has 1 amide bonds. The number of carboxylic acids is 2. The van der Waals surface area contributed by atoms with E-state index in [1.54, 1.807) is 37.4 Å². The number of aryl methyl sites for hydroxylation is 2. The van der Waals surface area contributed by atoms with E-state index in [2.05, 4.69) is 15.6 Å². The largest absolute Gasteiger partial charge is 0.481 e. The van der Waals surface area contributed by atoms with Crippen LogP contribution >= 0.6 is 23.2 Å². The van der Waals surface area contributed by atoms with Crippen LogP contribution < -0.4 is 21.9 Å². The van der Waals surface area contributed by atoms with Crippen molar-refractivity contribution in [3.05, 3.63) is 84.5 Å². The Hall–Kier alpha value is -4.62. The number of halogens is 2. The summed E-state index contributed by atoms with van der Waals surface area (Å²) in [6, 6.07) is 9.45. The number of imidazole rings is 1. The molecule has 0 saturated heterocycles. The van der Waals surface area contributed by atoms with E-state index < -0.39 is 41.6 Å². The van der Waals surface area contributed by atoms with E-state index >= 15 is 0 Å². The molecule has 41 heavy (non-hydrogen) atoms. The molecule has 2 heterocycles. The average Bonchev–Trinajstić information content (AvgIpc) is 3.25. The lowest BCUT2D eigenvalue weighted by molar-refractivity contribution is -0.140. The minimum atomic E-state index is -1.36. The molecule has 0 saturated carbocycles. The van der Waals surface area contributed by atoms with Gasteiger partial charge in [0.15, 0.2) is 11.2 Å². The number of hydrogen-bond donors (Lipinski definition) is 4. The van der Waals surface area contributed by atoms with Crippen LogP contribution in [0.2, 0.25) is 10.0 Å². The topological polar surface area (TPSA) is 178 Å². The van der Waals surface area contributed by atoms with E-state index in [-0.39, 0.29) is 35.6 Å². The summed E-state index contributed by atoms with van der Waals surface area (Å²) in [6.45, 7) is -0.0329. The molecule has 0 aliphatic rings. The maximum atomic E-state index is 13.4. The number of hydrogen-bond acceptors (Lipinski definition) is 7. The highest BCUT2D eigenvalue weighted by Gasteiger charge is 2.22. The lowest BCUT2D eigenvalue weighted by Gasteiger charge is -2.14. The zero-order valence-electron chi connectivity index (χ0n) is 21.7. The Balaban J connectivity index is 1.58. The first kappa shape index (κ1) is 29.4. The van der Waals surface area contributed by atoms with Gasteiger partial charge in [-0.3, -0.25) is 23.5 Å². The first-order chi connectivity index (χ1) is 19.4. The lowest BCUT2D eigenvalue weighted by Crippen LogP contribution is -2.41. The van der Waals surface area contributed by atoms with Crippen molar-refractivity contribution in [2.24, 2.45) is 14.1 Å². The van der Waals surface area contributed by atoms with Crippen molar-refractivity contribution in [3.63, 3.8) is 0 Å². The molecule has 0 radical (unpaired) electrons. The highest BCUT2D eigenvalue weighted by Crippen LogP contribution is 2.23. The van der Waals surface area contributed by atoms with Gasteiger partial charge >= 0.3 is 17.6 Å². The van der Waals surface area contributed by atoms with Crippen molar-refractivity contribution in [3.8, 4) is 0 Å². The van der Waals surface area contributed by atoms with Gasteiger partial charge in [0.05, 0.1) is 16.6 Å². The first-order valence-electron chi connectivity index (χ1n) is 12.1. The molecule has 214 valence electrons. The Morgan fingerprint density at radius 3 is 2.27 bits per heavy atom. The summed E-state index contributed by atoms with van der Waals surface area (Å²) in [5, 5.41) is 24.0. The molecule has 1 atom stereocenters. The summed E-state index contributed by atoms with van der Waals surface area (Å²) in [4.78, 5) is 65.4. The van der Waals surface area contributed by atoms with Gasteiger partial charge in [0.1, 0.15) is 6.04 Å². The number of carbonyl (C=O) groups is 3. The zero-order valence-corrected chi connectivity index (χ0v) is 23.2. The summed E-state index contributed by atoms with van der Waals surface area (Å²) in [5.41, 5.74) is 0.450. The van der Waals surface area contributed by atoms with Crippen LogP contribution in [0.4, 0.5) is 11.6 Å². The minimum Gasteiger partial charge on any atom is -0.481 e. The Labute approximate surface area is 241 Å². The molecule has 0 bridgehead atoms. The summed E-state index contributed by atoms with van der Waals surface area (Å²) < 4.78 is 3.83. The van der Waals surface area contributed by atoms with Crippen molar-refractivity contribution < 1.29 is 24.6 Å². The number of aliphatic carboxylic acids is 2. The van der Waals surface area contributed by atoms with Crippen molar-refractivity contribution in [1.29, 1.82) is 0 Å². The molecule has 4 N–H and O–H groups in total. The highest BCUT2D eigenvalue weighted by atomic mass is 35.5. The molecule has 15 heteroatoms.